The van der Waals surface area contributed by atoms with E-state index in [-0.39, 0.29) is 11.9 Å². The first-order chi connectivity index (χ1) is 6.59. The van der Waals surface area contributed by atoms with Gasteiger partial charge in [0.1, 0.15) is 5.56 Å². The van der Waals surface area contributed by atoms with Crippen LogP contribution < -0.4 is 15.8 Å². The minimum absolute atomic E-state index is 0.0953. The molecule has 0 saturated carbocycles. The zero-order valence-electron chi connectivity index (χ0n) is 7.93. The summed E-state index contributed by atoms with van der Waals surface area (Å²) in [7, 11) is 0. The van der Waals surface area contributed by atoms with Gasteiger partial charge in [-0.05, 0) is 13.0 Å². The predicted molar refractivity (Wildman–Crippen MR) is 51.4 cm³/mol. The molecule has 3 N–H and O–H groups in total. The number of carbonyl (C=O) groups excluding carboxylic acids is 1. The van der Waals surface area contributed by atoms with Crippen LogP contribution in [0.1, 0.15) is 17.3 Å². The number of pyridine rings is 1. The third kappa shape index (κ3) is 3.02. The molecule has 0 saturated heterocycles. The van der Waals surface area contributed by atoms with E-state index >= 15 is 0 Å². The van der Waals surface area contributed by atoms with E-state index in [1.54, 1.807) is 13.0 Å². The number of aromatic nitrogens is 1. The molecule has 0 bridgehead atoms. The van der Waals surface area contributed by atoms with E-state index in [0.29, 0.717) is 16.8 Å². The number of hydrogen-bond acceptors (Lipinski definition) is 3. The summed E-state index contributed by atoms with van der Waals surface area (Å²) < 4.78 is 0.584. The Hall–Kier alpha value is -1.62. The molecule has 1 rings (SSSR count). The molecule has 0 aliphatic heterocycles. The largest absolute Gasteiger partial charge is 0.619 e. The van der Waals surface area contributed by atoms with Gasteiger partial charge in [0.2, 0.25) is 0 Å². The highest BCUT2D eigenvalue weighted by atomic mass is 16.5. The molecule has 1 aromatic rings. The topological polar surface area (TPSA) is 82.1 Å². The Labute approximate surface area is 82.1 Å². The summed E-state index contributed by atoms with van der Waals surface area (Å²) in [6, 6.07) is 3.00. The summed E-state index contributed by atoms with van der Waals surface area (Å²) >= 11 is 0. The van der Waals surface area contributed by atoms with Crippen molar-refractivity contribution < 1.29 is 9.52 Å². The van der Waals surface area contributed by atoms with Crippen LogP contribution in [0.4, 0.5) is 0 Å². The SMILES string of the molecule is CC(N)CNC(=O)c1ccc[n+]([O-])c1. The highest BCUT2D eigenvalue weighted by Crippen LogP contribution is 1.93. The average Bonchev–Trinajstić information content (AvgIpc) is 2.14. The Morgan fingerprint density at radius 1 is 1.79 bits per heavy atom. The number of carbonyl (C=O) groups is 1. The summed E-state index contributed by atoms with van der Waals surface area (Å²) in [6.07, 6.45) is 2.54. The molecule has 0 spiro atoms. The van der Waals surface area contributed by atoms with Crippen LogP contribution in [0.25, 0.3) is 0 Å². The highest BCUT2D eigenvalue weighted by molar-refractivity contribution is 5.93. The minimum atomic E-state index is -0.285. The van der Waals surface area contributed by atoms with Crippen molar-refractivity contribution >= 4 is 5.91 Å². The van der Waals surface area contributed by atoms with Crippen LogP contribution >= 0.6 is 0 Å². The van der Waals surface area contributed by atoms with Gasteiger partial charge in [0.15, 0.2) is 12.4 Å². The summed E-state index contributed by atoms with van der Waals surface area (Å²) in [4.78, 5) is 11.4. The Morgan fingerprint density at radius 3 is 3.07 bits per heavy atom. The van der Waals surface area contributed by atoms with Gasteiger partial charge in [-0.3, -0.25) is 4.79 Å². The van der Waals surface area contributed by atoms with Crippen LogP contribution in [0.5, 0.6) is 0 Å². The van der Waals surface area contributed by atoms with Gasteiger partial charge in [-0.25, -0.2) is 0 Å². The Morgan fingerprint density at radius 2 is 2.50 bits per heavy atom. The number of nitrogens with one attached hydrogen (secondary N) is 1. The van der Waals surface area contributed by atoms with Gasteiger partial charge in [0, 0.05) is 18.7 Å². The van der Waals surface area contributed by atoms with E-state index in [4.69, 9.17) is 5.73 Å². The molecule has 0 radical (unpaired) electrons. The fourth-order valence-electron chi connectivity index (χ4n) is 0.945. The maximum atomic E-state index is 11.4. The Kier molecular flexibility index (Phi) is 3.41. The second-order valence-corrected chi connectivity index (χ2v) is 3.14. The molecular formula is C9H13N3O2. The lowest BCUT2D eigenvalue weighted by Crippen LogP contribution is -2.36. The van der Waals surface area contributed by atoms with Crippen LogP contribution in [0.2, 0.25) is 0 Å². The number of hydrogen-bond donors (Lipinski definition) is 2. The first-order valence-electron chi connectivity index (χ1n) is 4.32. The molecule has 1 unspecified atom stereocenters. The number of rotatable bonds is 3. The molecule has 1 amide bonds. The molecule has 76 valence electrons. The van der Waals surface area contributed by atoms with Crippen molar-refractivity contribution in [2.24, 2.45) is 5.73 Å². The average molecular weight is 195 g/mol. The van der Waals surface area contributed by atoms with Gasteiger partial charge in [-0.1, -0.05) is 0 Å². The van der Waals surface area contributed by atoms with E-state index in [1.165, 1.54) is 18.5 Å². The van der Waals surface area contributed by atoms with E-state index < -0.39 is 0 Å². The molecular weight excluding hydrogens is 182 g/mol. The maximum absolute atomic E-state index is 11.4. The summed E-state index contributed by atoms with van der Waals surface area (Å²) in [5.74, 6) is -0.285. The molecule has 5 heteroatoms. The second-order valence-electron chi connectivity index (χ2n) is 3.14. The van der Waals surface area contributed by atoms with Gasteiger partial charge < -0.3 is 16.3 Å². The molecule has 0 aliphatic rings. The normalized spacial score (nSPS) is 12.1. The predicted octanol–water partition coefficient (Wildman–Crippen LogP) is -0.603. The van der Waals surface area contributed by atoms with Crippen molar-refractivity contribution in [3.05, 3.63) is 35.3 Å². The van der Waals surface area contributed by atoms with Gasteiger partial charge in [-0.15, -0.1) is 0 Å². The van der Waals surface area contributed by atoms with Crippen molar-refractivity contribution in [1.29, 1.82) is 0 Å². The molecule has 5 nitrogen and oxygen atoms in total. The molecule has 1 heterocycles. The standard InChI is InChI=1S/C9H13N3O2/c1-7(10)5-11-9(13)8-3-2-4-12(14)6-8/h2-4,6-7H,5,10H2,1H3,(H,11,13). The lowest BCUT2D eigenvalue weighted by Gasteiger charge is -2.06. The molecule has 14 heavy (non-hydrogen) atoms. The molecule has 1 atom stereocenters. The molecule has 1 aromatic heterocycles. The van der Waals surface area contributed by atoms with Crippen molar-refractivity contribution in [1.82, 2.24) is 5.32 Å². The summed E-state index contributed by atoms with van der Waals surface area (Å²) in [5.41, 5.74) is 5.80. The van der Waals surface area contributed by atoms with Gasteiger partial charge in [0.25, 0.3) is 5.91 Å². The third-order valence-electron chi connectivity index (χ3n) is 1.62. The van der Waals surface area contributed by atoms with Crippen LogP contribution in [0, 0.1) is 5.21 Å². The highest BCUT2D eigenvalue weighted by Gasteiger charge is 2.08. The van der Waals surface area contributed by atoms with Crippen molar-refractivity contribution in [2.45, 2.75) is 13.0 Å². The monoisotopic (exact) mass is 195 g/mol. The van der Waals surface area contributed by atoms with Gasteiger partial charge >= 0.3 is 0 Å². The second kappa shape index (κ2) is 4.57. The van der Waals surface area contributed by atoms with E-state index in [1.807, 2.05) is 0 Å². The lowest BCUT2D eigenvalue weighted by molar-refractivity contribution is -0.605. The van der Waals surface area contributed by atoms with Crippen molar-refractivity contribution in [3.63, 3.8) is 0 Å². The van der Waals surface area contributed by atoms with E-state index in [9.17, 15) is 10.0 Å². The number of nitrogens with two attached hydrogens (primary N) is 1. The first kappa shape index (κ1) is 10.5. The minimum Gasteiger partial charge on any atom is -0.619 e. The van der Waals surface area contributed by atoms with Crippen molar-refractivity contribution in [3.8, 4) is 0 Å². The summed E-state index contributed by atoms with van der Waals surface area (Å²) in [5, 5.41) is 13.5. The first-order valence-corrected chi connectivity index (χ1v) is 4.32. The molecule has 0 aliphatic carbocycles. The Bertz CT molecular complexity index is 326. The molecule has 0 aromatic carbocycles. The van der Waals surface area contributed by atoms with Gasteiger partial charge in [0.05, 0.1) is 0 Å². The zero-order valence-corrected chi connectivity index (χ0v) is 7.93. The van der Waals surface area contributed by atoms with Crippen LogP contribution in [-0.4, -0.2) is 18.5 Å². The van der Waals surface area contributed by atoms with Crippen LogP contribution in [0.15, 0.2) is 24.5 Å². The smallest absolute Gasteiger partial charge is 0.257 e. The fraction of sp³-hybridized carbons (Fsp3) is 0.333. The third-order valence-corrected chi connectivity index (χ3v) is 1.62. The van der Waals surface area contributed by atoms with Crippen molar-refractivity contribution in [2.75, 3.05) is 6.54 Å². The van der Waals surface area contributed by atoms with Crippen LogP contribution in [0.3, 0.4) is 0 Å². The Balaban J connectivity index is 2.61. The quantitative estimate of drug-likeness (QED) is 0.499. The molecule has 0 fully saturated rings. The zero-order chi connectivity index (χ0) is 10.6. The number of amides is 1. The fourth-order valence-corrected chi connectivity index (χ4v) is 0.945. The number of nitrogens with zero attached hydrogens (tertiary/aromatic N) is 1. The lowest BCUT2D eigenvalue weighted by atomic mass is 10.2. The van der Waals surface area contributed by atoms with E-state index in [2.05, 4.69) is 5.32 Å². The summed E-state index contributed by atoms with van der Waals surface area (Å²) in [6.45, 7) is 2.19. The van der Waals surface area contributed by atoms with Gasteiger partial charge in [-0.2, -0.15) is 4.73 Å². The van der Waals surface area contributed by atoms with E-state index in [0.717, 1.165) is 0 Å². The maximum Gasteiger partial charge on any atom is 0.257 e. The van der Waals surface area contributed by atoms with Crippen LogP contribution in [-0.2, 0) is 0 Å².